The van der Waals surface area contributed by atoms with Crippen molar-refractivity contribution >= 4 is 23.3 Å². The van der Waals surface area contributed by atoms with Gasteiger partial charge >= 0.3 is 12.2 Å². The van der Waals surface area contributed by atoms with E-state index in [1.165, 1.54) is 17.0 Å². The van der Waals surface area contributed by atoms with Gasteiger partial charge in [-0.15, -0.1) is 11.3 Å². The van der Waals surface area contributed by atoms with Gasteiger partial charge in [-0.05, 0) is 48.4 Å². The van der Waals surface area contributed by atoms with Crippen molar-refractivity contribution in [2.75, 3.05) is 6.61 Å². The number of amides is 3. The van der Waals surface area contributed by atoms with Crippen molar-refractivity contribution in [3.05, 3.63) is 51.7 Å². The molecule has 148 valence electrons. The summed E-state index contributed by atoms with van der Waals surface area (Å²) in [5.74, 6) is -0.209. The Bertz CT molecular complexity index is 910. The molecule has 2 heterocycles. The topological polar surface area (TPSA) is 58.6 Å². The Kier molecular flexibility index (Phi) is 4.57. The van der Waals surface area contributed by atoms with Crippen LogP contribution in [-0.2, 0) is 23.3 Å². The van der Waals surface area contributed by atoms with Crippen LogP contribution in [0.15, 0.2) is 35.7 Å². The lowest BCUT2D eigenvalue weighted by molar-refractivity contribution is -0.153. The fraction of sp³-hybridized carbons (Fsp3) is 0.368. The second-order valence-electron chi connectivity index (χ2n) is 6.89. The van der Waals surface area contributed by atoms with Gasteiger partial charge in [0.05, 0.1) is 6.54 Å². The van der Waals surface area contributed by atoms with Crippen molar-refractivity contribution in [3.8, 4) is 5.75 Å². The van der Waals surface area contributed by atoms with Crippen LogP contribution < -0.4 is 10.1 Å². The van der Waals surface area contributed by atoms with E-state index in [1.807, 2.05) is 11.4 Å². The van der Waals surface area contributed by atoms with E-state index in [2.05, 4.69) is 10.1 Å². The van der Waals surface area contributed by atoms with Crippen molar-refractivity contribution in [3.63, 3.8) is 0 Å². The first kappa shape index (κ1) is 18.8. The van der Waals surface area contributed by atoms with Gasteiger partial charge in [0.15, 0.2) is 6.61 Å². The number of halogens is 3. The van der Waals surface area contributed by atoms with Gasteiger partial charge in [0, 0.05) is 10.4 Å². The van der Waals surface area contributed by atoms with E-state index in [-0.39, 0.29) is 18.2 Å². The quantitative estimate of drug-likeness (QED) is 0.776. The van der Waals surface area contributed by atoms with Gasteiger partial charge in [0.2, 0.25) is 0 Å². The van der Waals surface area contributed by atoms with Crippen LogP contribution in [0.4, 0.5) is 18.0 Å². The van der Waals surface area contributed by atoms with Crippen LogP contribution in [0, 0.1) is 0 Å². The number of nitrogens with one attached hydrogen (secondary N) is 1. The SMILES string of the molecule is O=C1NC2(CCCc3sccc32)C(=O)N1Cc1ccc(OCC(F)(F)F)cc1. The summed E-state index contributed by atoms with van der Waals surface area (Å²) in [6.07, 6.45) is -2.13. The van der Waals surface area contributed by atoms with Crippen molar-refractivity contribution in [1.29, 1.82) is 0 Å². The minimum absolute atomic E-state index is 0.0471. The van der Waals surface area contributed by atoms with Gasteiger partial charge in [-0.2, -0.15) is 13.2 Å². The number of aryl methyl sites for hydroxylation is 1. The number of urea groups is 1. The number of benzene rings is 1. The van der Waals surface area contributed by atoms with Crippen LogP contribution in [0.25, 0.3) is 0 Å². The summed E-state index contributed by atoms with van der Waals surface area (Å²) in [6, 6.07) is 7.33. The molecule has 5 nitrogen and oxygen atoms in total. The summed E-state index contributed by atoms with van der Waals surface area (Å²) in [5, 5.41) is 4.80. The molecule has 0 radical (unpaired) electrons. The molecule has 0 bridgehead atoms. The van der Waals surface area contributed by atoms with E-state index in [4.69, 9.17) is 0 Å². The van der Waals surface area contributed by atoms with E-state index < -0.39 is 24.4 Å². The van der Waals surface area contributed by atoms with Crippen molar-refractivity contribution < 1.29 is 27.5 Å². The number of hydrogen-bond donors (Lipinski definition) is 1. The van der Waals surface area contributed by atoms with E-state index in [1.54, 1.807) is 23.5 Å². The van der Waals surface area contributed by atoms with E-state index >= 15 is 0 Å². The minimum atomic E-state index is -4.41. The molecule has 1 N–H and O–H groups in total. The maximum Gasteiger partial charge on any atom is 0.422 e. The summed E-state index contributed by atoms with van der Waals surface area (Å²) < 4.78 is 41.3. The summed E-state index contributed by atoms with van der Waals surface area (Å²) in [6.45, 7) is -1.32. The first-order valence-electron chi connectivity index (χ1n) is 8.78. The zero-order valence-corrected chi connectivity index (χ0v) is 15.5. The fourth-order valence-electron chi connectivity index (χ4n) is 3.72. The highest BCUT2D eigenvalue weighted by Gasteiger charge is 2.54. The second-order valence-corrected chi connectivity index (χ2v) is 7.89. The molecular weight excluding hydrogens is 393 g/mol. The molecule has 1 fully saturated rings. The van der Waals surface area contributed by atoms with E-state index in [9.17, 15) is 22.8 Å². The molecule has 0 saturated carbocycles. The van der Waals surface area contributed by atoms with Crippen molar-refractivity contribution in [2.45, 2.75) is 37.5 Å². The Labute approximate surface area is 163 Å². The molecule has 1 saturated heterocycles. The van der Waals surface area contributed by atoms with Crippen LogP contribution in [0.1, 0.15) is 28.8 Å². The highest BCUT2D eigenvalue weighted by atomic mass is 32.1. The average Bonchev–Trinajstić information content (AvgIpc) is 3.21. The van der Waals surface area contributed by atoms with E-state index in [0.29, 0.717) is 12.0 Å². The lowest BCUT2D eigenvalue weighted by Gasteiger charge is -2.31. The van der Waals surface area contributed by atoms with Crippen LogP contribution in [0.5, 0.6) is 5.75 Å². The third-order valence-electron chi connectivity index (χ3n) is 5.00. The lowest BCUT2D eigenvalue weighted by Crippen LogP contribution is -2.46. The van der Waals surface area contributed by atoms with E-state index in [0.717, 1.165) is 23.3 Å². The summed E-state index contributed by atoms with van der Waals surface area (Å²) in [4.78, 5) is 27.9. The maximum absolute atomic E-state index is 13.1. The molecule has 1 spiro atoms. The number of rotatable bonds is 4. The Morgan fingerprint density at radius 2 is 1.93 bits per heavy atom. The van der Waals surface area contributed by atoms with Crippen LogP contribution in [-0.4, -0.2) is 29.6 Å². The van der Waals surface area contributed by atoms with Gasteiger partial charge in [-0.3, -0.25) is 9.69 Å². The van der Waals surface area contributed by atoms with Gasteiger partial charge in [-0.1, -0.05) is 12.1 Å². The molecule has 3 amide bonds. The highest BCUT2D eigenvalue weighted by molar-refractivity contribution is 7.10. The smallest absolute Gasteiger partial charge is 0.422 e. The number of hydrogen-bond acceptors (Lipinski definition) is 4. The molecule has 2 aromatic rings. The highest BCUT2D eigenvalue weighted by Crippen LogP contribution is 2.42. The van der Waals surface area contributed by atoms with Crippen molar-refractivity contribution in [1.82, 2.24) is 10.2 Å². The number of carbonyl (C=O) groups is 2. The van der Waals surface area contributed by atoms with Gasteiger partial charge in [-0.25, -0.2) is 4.79 Å². The molecule has 1 unspecified atom stereocenters. The standard InChI is InChI=1S/C19H17F3N2O3S/c20-19(21,22)11-27-13-5-3-12(4-6-13)10-24-16(25)18(23-17(24)26)8-1-2-15-14(18)7-9-28-15/h3-7,9H,1-2,8,10-11H2,(H,23,26). The third kappa shape index (κ3) is 3.34. The van der Waals surface area contributed by atoms with Gasteiger partial charge < -0.3 is 10.1 Å². The molecule has 1 aliphatic heterocycles. The molecule has 1 aliphatic carbocycles. The number of thiophene rings is 1. The minimum Gasteiger partial charge on any atom is -0.484 e. The average molecular weight is 410 g/mol. The Balaban J connectivity index is 1.49. The Hall–Kier alpha value is -2.55. The number of nitrogens with zero attached hydrogens (tertiary/aromatic N) is 1. The number of alkyl halides is 3. The fourth-order valence-corrected chi connectivity index (χ4v) is 4.72. The van der Waals surface area contributed by atoms with Gasteiger partial charge in [0.1, 0.15) is 11.3 Å². The monoisotopic (exact) mass is 410 g/mol. The zero-order chi connectivity index (χ0) is 19.9. The van der Waals surface area contributed by atoms with Crippen LogP contribution >= 0.6 is 11.3 Å². The summed E-state index contributed by atoms with van der Waals surface area (Å²) in [7, 11) is 0. The van der Waals surface area contributed by atoms with Gasteiger partial charge in [0.25, 0.3) is 5.91 Å². The number of carbonyl (C=O) groups excluding carboxylic acids is 2. The number of imide groups is 1. The molecule has 1 aromatic carbocycles. The second kappa shape index (κ2) is 6.80. The number of fused-ring (bicyclic) bond motifs is 2. The number of ether oxygens (including phenoxy) is 1. The molecule has 9 heteroatoms. The molecule has 1 aromatic heterocycles. The predicted octanol–water partition coefficient (Wildman–Crippen LogP) is 3.97. The first-order valence-corrected chi connectivity index (χ1v) is 9.66. The Morgan fingerprint density at radius 3 is 2.64 bits per heavy atom. The molecule has 28 heavy (non-hydrogen) atoms. The predicted molar refractivity (Wildman–Crippen MR) is 96.0 cm³/mol. The normalized spacial score (nSPS) is 21.8. The van der Waals surface area contributed by atoms with Crippen LogP contribution in [0.3, 0.4) is 0 Å². The molecule has 4 rings (SSSR count). The van der Waals surface area contributed by atoms with Crippen molar-refractivity contribution in [2.24, 2.45) is 0 Å². The molecular formula is C19H17F3N2O3S. The lowest BCUT2D eigenvalue weighted by atomic mass is 9.80. The first-order chi connectivity index (χ1) is 13.3. The molecule has 2 aliphatic rings. The van der Waals surface area contributed by atoms with Crippen LogP contribution in [0.2, 0.25) is 0 Å². The zero-order valence-electron chi connectivity index (χ0n) is 14.7. The third-order valence-corrected chi connectivity index (χ3v) is 5.98. The Morgan fingerprint density at radius 1 is 1.18 bits per heavy atom. The maximum atomic E-state index is 13.1. The summed E-state index contributed by atoms with van der Waals surface area (Å²) >= 11 is 1.59. The largest absolute Gasteiger partial charge is 0.484 e. The molecule has 1 atom stereocenters. The summed E-state index contributed by atoms with van der Waals surface area (Å²) in [5.41, 5.74) is 0.502.